The van der Waals surface area contributed by atoms with Crippen LogP contribution in [0, 0.1) is 5.92 Å². The van der Waals surface area contributed by atoms with Gasteiger partial charge in [-0.3, -0.25) is 4.79 Å². The van der Waals surface area contributed by atoms with Crippen LogP contribution in [0.15, 0.2) is 30.3 Å². The number of ether oxygens (including phenoxy) is 1. The Morgan fingerprint density at radius 2 is 2.18 bits per heavy atom. The quantitative estimate of drug-likeness (QED) is 0.593. The van der Waals surface area contributed by atoms with Gasteiger partial charge in [0.1, 0.15) is 5.75 Å². The number of carbonyl (C=O) groups is 1. The van der Waals surface area contributed by atoms with Gasteiger partial charge in [0.15, 0.2) is 0 Å². The van der Waals surface area contributed by atoms with E-state index in [1.165, 1.54) is 0 Å². The summed E-state index contributed by atoms with van der Waals surface area (Å²) in [5, 5.41) is 0. The molecule has 1 saturated heterocycles. The largest absolute Gasteiger partial charge is 0.426 e. The highest BCUT2D eigenvalue weighted by molar-refractivity contribution is 5.75. The van der Waals surface area contributed by atoms with Gasteiger partial charge in [0, 0.05) is 6.54 Å². The number of likely N-dealkylation sites (tertiary alicyclic amines) is 1. The molecule has 0 aromatic heterocycles. The SMILES string of the molecule is CCN1CCCC(C(=O)Oc2ccccc2)C1. The van der Waals surface area contributed by atoms with Crippen LogP contribution in [0.1, 0.15) is 19.8 Å². The Balaban J connectivity index is 1.91. The lowest BCUT2D eigenvalue weighted by molar-refractivity contribution is -0.140. The van der Waals surface area contributed by atoms with Gasteiger partial charge < -0.3 is 9.64 Å². The number of para-hydroxylation sites is 1. The van der Waals surface area contributed by atoms with Crippen LogP contribution >= 0.6 is 0 Å². The Labute approximate surface area is 102 Å². The zero-order valence-electron chi connectivity index (χ0n) is 10.3. The molecule has 1 aromatic rings. The third kappa shape index (κ3) is 3.30. The fourth-order valence-corrected chi connectivity index (χ4v) is 2.22. The Morgan fingerprint density at radius 3 is 2.88 bits per heavy atom. The molecule has 0 amide bonds. The van der Waals surface area contributed by atoms with Crippen LogP contribution in [0.4, 0.5) is 0 Å². The van der Waals surface area contributed by atoms with Crippen molar-refractivity contribution in [1.82, 2.24) is 4.90 Å². The van der Waals surface area contributed by atoms with Gasteiger partial charge in [-0.05, 0) is 38.1 Å². The maximum atomic E-state index is 12.0. The van der Waals surface area contributed by atoms with Crippen LogP contribution in [-0.4, -0.2) is 30.5 Å². The molecule has 1 aliphatic heterocycles. The number of benzene rings is 1. The molecule has 0 N–H and O–H groups in total. The van der Waals surface area contributed by atoms with E-state index in [1.807, 2.05) is 30.3 Å². The number of rotatable bonds is 3. The number of esters is 1. The van der Waals surface area contributed by atoms with Crippen molar-refractivity contribution in [1.29, 1.82) is 0 Å². The first-order valence-corrected chi connectivity index (χ1v) is 6.28. The predicted molar refractivity (Wildman–Crippen MR) is 66.9 cm³/mol. The number of piperidine rings is 1. The van der Waals surface area contributed by atoms with E-state index in [2.05, 4.69) is 11.8 Å². The van der Waals surface area contributed by atoms with Crippen LogP contribution in [0.5, 0.6) is 5.75 Å². The van der Waals surface area contributed by atoms with Gasteiger partial charge in [0.2, 0.25) is 0 Å². The van der Waals surface area contributed by atoms with E-state index in [-0.39, 0.29) is 11.9 Å². The summed E-state index contributed by atoms with van der Waals surface area (Å²) in [7, 11) is 0. The molecule has 1 unspecified atom stereocenters. The minimum Gasteiger partial charge on any atom is -0.426 e. The fraction of sp³-hybridized carbons (Fsp3) is 0.500. The first kappa shape index (κ1) is 12.1. The maximum absolute atomic E-state index is 12.0. The van der Waals surface area contributed by atoms with Crippen molar-refractivity contribution in [3.05, 3.63) is 30.3 Å². The minimum absolute atomic E-state index is 0.0314. The van der Waals surface area contributed by atoms with Gasteiger partial charge in [-0.15, -0.1) is 0 Å². The molecule has 2 rings (SSSR count). The lowest BCUT2D eigenvalue weighted by Gasteiger charge is -2.30. The molecule has 1 aromatic carbocycles. The van der Waals surface area contributed by atoms with Crippen LogP contribution in [0.3, 0.4) is 0 Å². The smallest absolute Gasteiger partial charge is 0.315 e. The fourth-order valence-electron chi connectivity index (χ4n) is 2.22. The number of hydrogen-bond acceptors (Lipinski definition) is 3. The number of hydrogen-bond donors (Lipinski definition) is 0. The molecule has 0 bridgehead atoms. The van der Waals surface area contributed by atoms with Crippen LogP contribution in [-0.2, 0) is 4.79 Å². The average molecular weight is 233 g/mol. The van der Waals surface area contributed by atoms with Gasteiger partial charge in [-0.25, -0.2) is 0 Å². The monoisotopic (exact) mass is 233 g/mol. The third-order valence-electron chi connectivity index (χ3n) is 3.25. The van der Waals surface area contributed by atoms with Crippen molar-refractivity contribution in [2.24, 2.45) is 5.92 Å². The van der Waals surface area contributed by atoms with Gasteiger partial charge >= 0.3 is 5.97 Å². The molecule has 17 heavy (non-hydrogen) atoms. The Bertz CT molecular complexity index is 364. The molecule has 1 heterocycles. The van der Waals surface area contributed by atoms with E-state index < -0.39 is 0 Å². The Morgan fingerprint density at radius 1 is 1.41 bits per heavy atom. The summed E-state index contributed by atoms with van der Waals surface area (Å²) in [6, 6.07) is 9.30. The summed E-state index contributed by atoms with van der Waals surface area (Å²) in [5.74, 6) is 0.587. The lowest BCUT2D eigenvalue weighted by Crippen LogP contribution is -2.39. The van der Waals surface area contributed by atoms with E-state index >= 15 is 0 Å². The molecule has 0 aliphatic carbocycles. The molecule has 3 heteroatoms. The second-order valence-electron chi connectivity index (χ2n) is 4.47. The molecule has 1 aliphatic rings. The van der Waals surface area contributed by atoms with Crippen molar-refractivity contribution in [2.75, 3.05) is 19.6 Å². The molecule has 92 valence electrons. The van der Waals surface area contributed by atoms with E-state index in [0.29, 0.717) is 5.75 Å². The third-order valence-corrected chi connectivity index (χ3v) is 3.25. The summed E-state index contributed by atoms with van der Waals surface area (Å²) in [6.45, 7) is 5.08. The van der Waals surface area contributed by atoms with E-state index in [0.717, 1.165) is 32.5 Å². The highest BCUT2D eigenvalue weighted by Crippen LogP contribution is 2.19. The lowest BCUT2D eigenvalue weighted by atomic mass is 9.98. The van der Waals surface area contributed by atoms with E-state index in [9.17, 15) is 4.79 Å². The Kier molecular flexibility index (Phi) is 4.15. The van der Waals surface area contributed by atoms with E-state index in [1.54, 1.807) is 0 Å². The summed E-state index contributed by atoms with van der Waals surface area (Å²) in [6.07, 6.45) is 2.03. The molecular weight excluding hydrogens is 214 g/mol. The van der Waals surface area contributed by atoms with Gasteiger partial charge in [0.25, 0.3) is 0 Å². The topological polar surface area (TPSA) is 29.5 Å². The van der Waals surface area contributed by atoms with Gasteiger partial charge in [-0.2, -0.15) is 0 Å². The molecule has 1 fully saturated rings. The molecule has 3 nitrogen and oxygen atoms in total. The molecule has 0 saturated carbocycles. The zero-order chi connectivity index (χ0) is 12.1. The number of carbonyl (C=O) groups excluding carboxylic acids is 1. The van der Waals surface area contributed by atoms with Crippen molar-refractivity contribution in [2.45, 2.75) is 19.8 Å². The first-order chi connectivity index (χ1) is 8.29. The highest BCUT2D eigenvalue weighted by Gasteiger charge is 2.26. The Hall–Kier alpha value is -1.35. The molecular formula is C14H19NO2. The molecule has 0 spiro atoms. The van der Waals surface area contributed by atoms with Crippen molar-refractivity contribution in [3.8, 4) is 5.75 Å². The van der Waals surface area contributed by atoms with E-state index in [4.69, 9.17) is 4.74 Å². The molecule has 1 atom stereocenters. The average Bonchev–Trinajstić information content (AvgIpc) is 2.40. The minimum atomic E-state index is -0.0886. The standard InChI is InChI=1S/C14H19NO2/c1-2-15-10-6-7-12(11-15)14(16)17-13-8-4-3-5-9-13/h3-5,8-9,12H,2,6-7,10-11H2,1H3. The summed E-state index contributed by atoms with van der Waals surface area (Å²) < 4.78 is 5.38. The molecule has 0 radical (unpaired) electrons. The second-order valence-corrected chi connectivity index (χ2v) is 4.47. The van der Waals surface area contributed by atoms with Crippen molar-refractivity contribution >= 4 is 5.97 Å². The first-order valence-electron chi connectivity index (χ1n) is 6.28. The second kappa shape index (κ2) is 5.82. The predicted octanol–water partition coefficient (Wildman–Crippen LogP) is 2.32. The zero-order valence-corrected chi connectivity index (χ0v) is 10.3. The highest BCUT2D eigenvalue weighted by atomic mass is 16.5. The van der Waals surface area contributed by atoms with Crippen LogP contribution < -0.4 is 4.74 Å². The number of nitrogens with zero attached hydrogens (tertiary/aromatic N) is 1. The van der Waals surface area contributed by atoms with Crippen molar-refractivity contribution < 1.29 is 9.53 Å². The summed E-state index contributed by atoms with van der Waals surface area (Å²) in [4.78, 5) is 14.3. The summed E-state index contributed by atoms with van der Waals surface area (Å²) in [5.41, 5.74) is 0. The van der Waals surface area contributed by atoms with Gasteiger partial charge in [-0.1, -0.05) is 25.1 Å². The van der Waals surface area contributed by atoms with Crippen molar-refractivity contribution in [3.63, 3.8) is 0 Å². The maximum Gasteiger partial charge on any atom is 0.315 e. The van der Waals surface area contributed by atoms with Crippen LogP contribution in [0.2, 0.25) is 0 Å². The summed E-state index contributed by atoms with van der Waals surface area (Å²) >= 11 is 0. The normalized spacial score (nSPS) is 21.1. The van der Waals surface area contributed by atoms with Crippen LogP contribution in [0.25, 0.3) is 0 Å². The van der Waals surface area contributed by atoms with Gasteiger partial charge in [0.05, 0.1) is 5.92 Å².